The number of anilines is 2. The van der Waals surface area contributed by atoms with E-state index in [-0.39, 0.29) is 23.3 Å². The summed E-state index contributed by atoms with van der Waals surface area (Å²) >= 11 is 0. The first kappa shape index (κ1) is 26.4. The normalized spacial score (nSPS) is 20.6. The molecule has 210 valence electrons. The molecule has 2 aromatic carbocycles. The van der Waals surface area contributed by atoms with Gasteiger partial charge in [-0.15, -0.1) is 5.10 Å². The maximum absolute atomic E-state index is 13.5. The molecule has 40 heavy (non-hydrogen) atoms. The number of hydrogen-bond donors (Lipinski definition) is 5. The summed E-state index contributed by atoms with van der Waals surface area (Å²) in [6, 6.07) is 13.9. The predicted octanol–water partition coefficient (Wildman–Crippen LogP) is 0.678. The van der Waals surface area contributed by atoms with Crippen molar-refractivity contribution in [2.45, 2.75) is 44.2 Å². The minimum atomic E-state index is -3.47. The van der Waals surface area contributed by atoms with Crippen LogP contribution >= 0.6 is 0 Å². The molecule has 3 aliphatic heterocycles. The van der Waals surface area contributed by atoms with Crippen LogP contribution in [-0.4, -0.2) is 80.8 Å². The minimum Gasteiger partial charge on any atom is -0.381 e. The quantitative estimate of drug-likeness (QED) is 0.279. The molecule has 0 bridgehead atoms. The van der Waals surface area contributed by atoms with Gasteiger partial charge in [-0.1, -0.05) is 36.4 Å². The van der Waals surface area contributed by atoms with Crippen LogP contribution in [0.5, 0.6) is 0 Å². The Hall–Kier alpha value is -3.84. The van der Waals surface area contributed by atoms with Crippen molar-refractivity contribution >= 4 is 23.2 Å². The molecule has 2 saturated heterocycles. The highest BCUT2D eigenvalue weighted by atomic mass is 16.7. The van der Waals surface area contributed by atoms with E-state index in [1.807, 2.05) is 42.5 Å². The molecule has 5 N–H and O–H groups in total. The zero-order valence-electron chi connectivity index (χ0n) is 21.9. The Bertz CT molecular complexity index is 1390. The first-order valence-electron chi connectivity index (χ1n) is 13.4. The molecule has 0 radical (unpaired) electrons. The summed E-state index contributed by atoms with van der Waals surface area (Å²) in [5, 5.41) is 40.1. The molecule has 2 amide bonds. The van der Waals surface area contributed by atoms with E-state index in [1.165, 1.54) is 0 Å². The van der Waals surface area contributed by atoms with Gasteiger partial charge in [-0.05, 0) is 48.9 Å². The fraction of sp³-hybridized carbons (Fsp3) is 0.429. The molecular weight excluding hydrogens is 516 g/mol. The number of rotatable bonds is 6. The molecule has 12 heteroatoms. The number of benzene rings is 2. The monoisotopic (exact) mass is 548 g/mol. The largest absolute Gasteiger partial charge is 0.381 e. The van der Waals surface area contributed by atoms with Crippen molar-refractivity contribution in [2.24, 2.45) is 5.41 Å². The number of H-pyrrole nitrogens is 1. The second-order valence-corrected chi connectivity index (χ2v) is 10.9. The summed E-state index contributed by atoms with van der Waals surface area (Å²) in [6.45, 7) is 3.18. The lowest BCUT2D eigenvalue weighted by molar-refractivity contribution is -0.306. The Morgan fingerprint density at radius 2 is 1.88 bits per heavy atom. The van der Waals surface area contributed by atoms with Crippen LogP contribution in [0.1, 0.15) is 46.8 Å². The van der Waals surface area contributed by atoms with E-state index in [1.54, 1.807) is 6.07 Å². The second-order valence-electron chi connectivity index (χ2n) is 10.9. The maximum atomic E-state index is 13.5. The van der Waals surface area contributed by atoms with Crippen molar-refractivity contribution in [1.29, 1.82) is 0 Å². The number of hydrogen-bond acceptors (Lipinski definition) is 9. The Labute approximate surface area is 230 Å². The van der Waals surface area contributed by atoms with Gasteiger partial charge < -0.3 is 30.3 Å². The van der Waals surface area contributed by atoms with Crippen LogP contribution in [-0.2, 0) is 22.4 Å². The number of aromatic amines is 1. The number of aryl methyl sites for hydroxylation is 1. The third-order valence-corrected chi connectivity index (χ3v) is 8.06. The second kappa shape index (κ2) is 10.3. The van der Waals surface area contributed by atoms with Crippen LogP contribution in [0, 0.1) is 5.41 Å². The Balaban J connectivity index is 1.18. The first-order valence-corrected chi connectivity index (χ1v) is 13.4. The third-order valence-electron chi connectivity index (χ3n) is 8.06. The summed E-state index contributed by atoms with van der Waals surface area (Å²) in [6.07, 6.45) is -0.506. The summed E-state index contributed by atoms with van der Waals surface area (Å²) in [5.74, 6) is -1.21. The van der Waals surface area contributed by atoms with Gasteiger partial charge in [-0.3, -0.25) is 14.7 Å². The van der Waals surface area contributed by atoms with Gasteiger partial charge in [-0.2, -0.15) is 0 Å². The maximum Gasteiger partial charge on any atom is 0.376 e. The molecule has 12 nitrogen and oxygen atoms in total. The number of aromatic nitrogens is 3. The van der Waals surface area contributed by atoms with Crippen LogP contribution in [0.4, 0.5) is 11.4 Å². The topological polar surface area (TPSA) is 164 Å². The van der Waals surface area contributed by atoms with E-state index >= 15 is 0 Å². The molecule has 0 aliphatic carbocycles. The number of carbonyl (C=O) groups excluding carboxylic acids is 2. The zero-order valence-corrected chi connectivity index (χ0v) is 21.9. The van der Waals surface area contributed by atoms with Crippen LogP contribution in [0.15, 0.2) is 48.5 Å². The third kappa shape index (κ3) is 5.18. The van der Waals surface area contributed by atoms with Gasteiger partial charge in [0.05, 0.1) is 5.69 Å². The Kier molecular flexibility index (Phi) is 6.78. The van der Waals surface area contributed by atoms with Gasteiger partial charge in [0.2, 0.25) is 5.82 Å². The van der Waals surface area contributed by atoms with E-state index in [0.29, 0.717) is 29.1 Å². The number of nitrogens with zero attached hydrogens (tertiary/aromatic N) is 4. The van der Waals surface area contributed by atoms with Crippen molar-refractivity contribution < 1.29 is 29.6 Å². The van der Waals surface area contributed by atoms with Gasteiger partial charge in [-0.25, -0.2) is 9.88 Å². The molecule has 3 aliphatic rings. The molecule has 1 aromatic heterocycles. The standard InChI is InChI=1S/C28H32N6O6/c35-25(24-30-23(31-32-24)14-18-4-2-1-3-5-18)29-21-9-7-19-6-8-20(15-22(19)34(26(21)36)28(37,38)39)33-16-27(17-33)10-12-40-13-11-27/h1-6,8,15,21,37-39H,7,9-14,16-17H2,(H,29,35)(H,30,31,32). The number of amides is 2. The molecule has 1 unspecified atom stereocenters. The summed E-state index contributed by atoms with van der Waals surface area (Å²) in [4.78, 5) is 33.5. The fourth-order valence-electron chi connectivity index (χ4n) is 5.86. The summed E-state index contributed by atoms with van der Waals surface area (Å²) < 4.78 is 5.50. The molecule has 4 heterocycles. The molecule has 6 rings (SSSR count). The molecule has 3 aromatic rings. The lowest BCUT2D eigenvalue weighted by Crippen LogP contribution is -2.59. The molecular formula is C28H32N6O6. The van der Waals surface area contributed by atoms with Gasteiger partial charge in [0.15, 0.2) is 0 Å². The fourth-order valence-corrected chi connectivity index (χ4v) is 5.86. The van der Waals surface area contributed by atoms with Gasteiger partial charge >= 0.3 is 6.10 Å². The van der Waals surface area contributed by atoms with Crippen LogP contribution in [0.25, 0.3) is 0 Å². The zero-order chi connectivity index (χ0) is 27.9. The van der Waals surface area contributed by atoms with Crippen molar-refractivity contribution in [3.63, 3.8) is 0 Å². The highest BCUT2D eigenvalue weighted by molar-refractivity contribution is 6.03. The van der Waals surface area contributed by atoms with Crippen LogP contribution in [0.3, 0.4) is 0 Å². The van der Waals surface area contributed by atoms with Crippen LogP contribution < -0.4 is 15.1 Å². The molecule has 0 saturated carbocycles. The SMILES string of the molecule is O=C(NC1CCc2ccc(N3CC4(CCOCC4)C3)cc2N(C(O)(O)O)C1=O)c1n[nH]c(Cc2ccccc2)n1. The number of fused-ring (bicyclic) bond motifs is 1. The number of ether oxygens (including phenoxy) is 1. The van der Waals surface area contributed by atoms with Gasteiger partial charge in [0.1, 0.15) is 11.9 Å². The molecule has 1 atom stereocenters. The van der Waals surface area contributed by atoms with Crippen LogP contribution in [0.2, 0.25) is 0 Å². The number of aliphatic hydroxyl groups is 3. The van der Waals surface area contributed by atoms with Crippen molar-refractivity contribution in [3.8, 4) is 0 Å². The summed E-state index contributed by atoms with van der Waals surface area (Å²) in [7, 11) is 0. The Morgan fingerprint density at radius 1 is 1.12 bits per heavy atom. The predicted molar refractivity (Wildman–Crippen MR) is 143 cm³/mol. The molecule has 1 spiro atoms. The van der Waals surface area contributed by atoms with Gasteiger partial charge in [0, 0.05) is 43.8 Å². The highest BCUT2D eigenvalue weighted by Crippen LogP contribution is 2.43. The minimum absolute atomic E-state index is 0.141. The first-order chi connectivity index (χ1) is 19.2. The number of nitrogens with one attached hydrogen (secondary N) is 2. The van der Waals surface area contributed by atoms with Crippen molar-refractivity contribution in [3.05, 3.63) is 71.3 Å². The van der Waals surface area contributed by atoms with Crippen molar-refractivity contribution in [1.82, 2.24) is 20.5 Å². The lowest BCUT2D eigenvalue weighted by Gasteiger charge is -2.53. The smallest absolute Gasteiger partial charge is 0.376 e. The van der Waals surface area contributed by atoms with E-state index in [2.05, 4.69) is 25.4 Å². The van der Waals surface area contributed by atoms with Crippen molar-refractivity contribution in [2.75, 3.05) is 36.1 Å². The lowest BCUT2D eigenvalue weighted by atomic mass is 9.73. The number of carbonyl (C=O) groups is 2. The molecule has 2 fully saturated rings. The highest BCUT2D eigenvalue weighted by Gasteiger charge is 2.46. The van der Waals surface area contributed by atoms with Gasteiger partial charge in [0.25, 0.3) is 11.8 Å². The summed E-state index contributed by atoms with van der Waals surface area (Å²) in [5.41, 5.74) is 2.84. The van der Waals surface area contributed by atoms with E-state index in [0.717, 1.165) is 50.4 Å². The Morgan fingerprint density at radius 3 is 2.60 bits per heavy atom. The average Bonchev–Trinajstić information content (AvgIpc) is 3.33. The average molecular weight is 549 g/mol. The van der Waals surface area contributed by atoms with E-state index < -0.39 is 24.0 Å². The van der Waals surface area contributed by atoms with E-state index in [4.69, 9.17) is 4.74 Å². The van der Waals surface area contributed by atoms with E-state index in [9.17, 15) is 24.9 Å².